The van der Waals surface area contributed by atoms with Crippen LogP contribution in [0.5, 0.6) is 11.5 Å². The van der Waals surface area contributed by atoms with Gasteiger partial charge in [0.15, 0.2) is 11.3 Å². The van der Waals surface area contributed by atoms with E-state index in [1.807, 2.05) is 0 Å². The fourth-order valence-corrected chi connectivity index (χ4v) is 2.31. The van der Waals surface area contributed by atoms with Gasteiger partial charge >= 0.3 is 0 Å². The molecule has 2 aromatic carbocycles. The van der Waals surface area contributed by atoms with Crippen LogP contribution in [0.1, 0.15) is 0 Å². The van der Waals surface area contributed by atoms with Crippen molar-refractivity contribution in [3.8, 4) is 11.5 Å². The largest absolute Gasteiger partial charge is 0.507 e. The number of hydrogen-bond donors (Lipinski definition) is 2. The maximum atomic E-state index is 12.2. The Morgan fingerprint density at radius 2 is 1.89 bits per heavy atom. The third-order valence-corrected chi connectivity index (χ3v) is 3.36. The van der Waals surface area contributed by atoms with Crippen molar-refractivity contribution in [1.29, 1.82) is 0 Å². The lowest BCUT2D eigenvalue weighted by Crippen LogP contribution is -2.02. The van der Waals surface area contributed by atoms with Crippen molar-refractivity contribution in [1.82, 2.24) is 0 Å². The molecule has 90 valence electrons. The quantitative estimate of drug-likeness (QED) is 0.494. The Bertz CT molecular complexity index is 836. The Morgan fingerprint density at radius 3 is 2.67 bits per heavy atom. The number of benzene rings is 2. The molecule has 0 aliphatic carbocycles. The molecule has 0 saturated carbocycles. The molecular weight excluding hydrogens is 300 g/mol. The van der Waals surface area contributed by atoms with Crippen molar-refractivity contribution in [2.45, 2.75) is 0 Å². The number of fused-ring (bicyclic) bond motifs is 2. The van der Waals surface area contributed by atoms with E-state index in [0.717, 1.165) is 0 Å². The summed E-state index contributed by atoms with van der Waals surface area (Å²) >= 11 is 3.08. The summed E-state index contributed by atoms with van der Waals surface area (Å²) < 4.78 is 5.75. The predicted molar refractivity (Wildman–Crippen MR) is 71.0 cm³/mol. The fraction of sp³-hybridized carbons (Fsp3) is 0. The third-order valence-electron chi connectivity index (χ3n) is 2.76. The molecule has 3 rings (SSSR count). The maximum Gasteiger partial charge on any atom is 0.204 e. The van der Waals surface area contributed by atoms with Crippen LogP contribution >= 0.6 is 15.9 Å². The van der Waals surface area contributed by atoms with Gasteiger partial charge < -0.3 is 14.6 Å². The van der Waals surface area contributed by atoms with Gasteiger partial charge in [0.05, 0.1) is 9.86 Å². The third kappa shape index (κ3) is 1.41. The highest BCUT2D eigenvalue weighted by atomic mass is 79.9. The van der Waals surface area contributed by atoms with Crippen LogP contribution in [0.3, 0.4) is 0 Å². The van der Waals surface area contributed by atoms with Crippen molar-refractivity contribution >= 4 is 37.9 Å². The SMILES string of the molecule is O=c1c2ccccc2oc2c(O)c(Br)cc(O)c12. The topological polar surface area (TPSA) is 70.7 Å². The van der Waals surface area contributed by atoms with Gasteiger partial charge in [0.2, 0.25) is 5.43 Å². The van der Waals surface area contributed by atoms with Crippen molar-refractivity contribution in [2.24, 2.45) is 0 Å². The van der Waals surface area contributed by atoms with Gasteiger partial charge in [-0.2, -0.15) is 0 Å². The van der Waals surface area contributed by atoms with Gasteiger partial charge in [-0.15, -0.1) is 0 Å². The molecule has 4 nitrogen and oxygen atoms in total. The molecule has 0 spiro atoms. The molecule has 0 saturated heterocycles. The van der Waals surface area contributed by atoms with E-state index in [9.17, 15) is 15.0 Å². The van der Waals surface area contributed by atoms with Crippen LogP contribution < -0.4 is 5.43 Å². The van der Waals surface area contributed by atoms with Gasteiger partial charge in [-0.05, 0) is 34.1 Å². The molecule has 1 heterocycles. The molecule has 0 amide bonds. The predicted octanol–water partition coefficient (Wildman–Crippen LogP) is 3.12. The van der Waals surface area contributed by atoms with Crippen LogP contribution in [0.2, 0.25) is 0 Å². The minimum Gasteiger partial charge on any atom is -0.507 e. The molecule has 0 fully saturated rings. The first-order valence-electron chi connectivity index (χ1n) is 5.15. The summed E-state index contributed by atoms with van der Waals surface area (Å²) in [4.78, 5) is 12.2. The molecule has 3 aromatic rings. The van der Waals surface area contributed by atoms with Crippen LogP contribution in [-0.2, 0) is 0 Å². The molecule has 0 aliphatic rings. The van der Waals surface area contributed by atoms with E-state index in [1.54, 1.807) is 24.3 Å². The van der Waals surface area contributed by atoms with E-state index < -0.39 is 0 Å². The van der Waals surface area contributed by atoms with Crippen molar-refractivity contribution in [3.05, 3.63) is 45.0 Å². The summed E-state index contributed by atoms with van der Waals surface area (Å²) in [5, 5.41) is 20.0. The highest BCUT2D eigenvalue weighted by Crippen LogP contribution is 2.38. The van der Waals surface area contributed by atoms with Gasteiger partial charge in [-0.25, -0.2) is 0 Å². The Kier molecular flexibility index (Phi) is 2.31. The number of phenolic OH excluding ortho intramolecular Hbond substituents is 2. The van der Waals surface area contributed by atoms with Crippen molar-refractivity contribution in [2.75, 3.05) is 0 Å². The Hall–Kier alpha value is -2.01. The van der Waals surface area contributed by atoms with Crippen molar-refractivity contribution in [3.63, 3.8) is 0 Å². The first kappa shape index (κ1) is 11.1. The number of para-hydroxylation sites is 1. The number of halogens is 1. The Balaban J connectivity index is 2.69. The maximum absolute atomic E-state index is 12.2. The van der Waals surface area contributed by atoms with E-state index in [-0.39, 0.29) is 32.4 Å². The zero-order chi connectivity index (χ0) is 12.9. The van der Waals surface area contributed by atoms with Gasteiger partial charge in [0.1, 0.15) is 16.7 Å². The first-order chi connectivity index (χ1) is 8.59. The number of aromatic hydroxyl groups is 2. The molecule has 0 radical (unpaired) electrons. The summed E-state index contributed by atoms with van der Waals surface area (Å²) in [5.41, 5.74) is -0.0273. The standard InChI is InChI=1S/C13H7BrO4/c14-7-5-8(15)10-11(16)6-3-1-2-4-9(6)18-13(10)12(7)17/h1-5,15,17H. The molecule has 18 heavy (non-hydrogen) atoms. The van der Waals surface area contributed by atoms with Crippen LogP contribution in [-0.4, -0.2) is 10.2 Å². The second-order valence-corrected chi connectivity index (χ2v) is 4.71. The van der Waals surface area contributed by atoms with E-state index in [0.29, 0.717) is 11.0 Å². The average Bonchev–Trinajstić information content (AvgIpc) is 2.36. The summed E-state index contributed by atoms with van der Waals surface area (Å²) in [6.07, 6.45) is 0. The molecule has 1 aromatic heterocycles. The summed E-state index contributed by atoms with van der Waals surface area (Å²) in [7, 11) is 0. The second kappa shape index (κ2) is 3.74. The van der Waals surface area contributed by atoms with Crippen LogP contribution in [0.15, 0.2) is 44.0 Å². The van der Waals surface area contributed by atoms with Gasteiger partial charge in [0.25, 0.3) is 0 Å². The molecule has 0 unspecified atom stereocenters. The zero-order valence-corrected chi connectivity index (χ0v) is 10.6. The van der Waals surface area contributed by atoms with Crippen molar-refractivity contribution < 1.29 is 14.6 Å². The van der Waals surface area contributed by atoms with Crippen LogP contribution in [0.25, 0.3) is 21.9 Å². The Morgan fingerprint density at radius 1 is 1.17 bits per heavy atom. The molecular formula is C13H7BrO4. The summed E-state index contributed by atoms with van der Waals surface area (Å²) in [6.45, 7) is 0. The number of rotatable bonds is 0. The lowest BCUT2D eigenvalue weighted by atomic mass is 10.1. The average molecular weight is 307 g/mol. The molecule has 5 heteroatoms. The summed E-state index contributed by atoms with van der Waals surface area (Å²) in [6, 6.07) is 7.95. The molecule has 0 bridgehead atoms. The fourth-order valence-electron chi connectivity index (χ4n) is 1.91. The Labute approximate surface area is 109 Å². The van der Waals surface area contributed by atoms with E-state index in [4.69, 9.17) is 4.42 Å². The highest BCUT2D eigenvalue weighted by molar-refractivity contribution is 9.10. The number of hydrogen-bond acceptors (Lipinski definition) is 4. The lowest BCUT2D eigenvalue weighted by molar-refractivity contribution is 0.455. The smallest absolute Gasteiger partial charge is 0.204 e. The van der Waals surface area contributed by atoms with E-state index >= 15 is 0 Å². The van der Waals surface area contributed by atoms with Crippen LogP contribution in [0.4, 0.5) is 0 Å². The summed E-state index contributed by atoms with van der Waals surface area (Å²) in [5.74, 6) is -0.431. The van der Waals surface area contributed by atoms with Gasteiger partial charge in [-0.3, -0.25) is 4.79 Å². The lowest BCUT2D eigenvalue weighted by Gasteiger charge is -2.06. The normalized spacial score (nSPS) is 11.2. The minimum absolute atomic E-state index is 0.0191. The van der Waals surface area contributed by atoms with Gasteiger partial charge in [-0.1, -0.05) is 12.1 Å². The number of phenols is 2. The molecule has 2 N–H and O–H groups in total. The van der Waals surface area contributed by atoms with E-state index in [1.165, 1.54) is 6.07 Å². The molecule has 0 atom stereocenters. The zero-order valence-electron chi connectivity index (χ0n) is 8.98. The molecule has 0 aliphatic heterocycles. The highest BCUT2D eigenvalue weighted by Gasteiger charge is 2.17. The van der Waals surface area contributed by atoms with Crippen LogP contribution in [0, 0.1) is 0 Å². The monoisotopic (exact) mass is 306 g/mol. The second-order valence-electron chi connectivity index (χ2n) is 3.86. The minimum atomic E-state index is -0.368. The van der Waals surface area contributed by atoms with E-state index in [2.05, 4.69) is 15.9 Å². The first-order valence-corrected chi connectivity index (χ1v) is 5.95. The van der Waals surface area contributed by atoms with Gasteiger partial charge in [0, 0.05) is 0 Å².